The summed E-state index contributed by atoms with van der Waals surface area (Å²) in [6.45, 7) is 2.38. The van der Waals surface area contributed by atoms with E-state index in [1.807, 2.05) is 43.3 Å². The van der Waals surface area contributed by atoms with Crippen molar-refractivity contribution < 1.29 is 14.3 Å². The van der Waals surface area contributed by atoms with Gasteiger partial charge in [-0.2, -0.15) is 0 Å². The van der Waals surface area contributed by atoms with Gasteiger partial charge in [0.25, 0.3) is 5.56 Å². The molecule has 0 radical (unpaired) electrons. The average Bonchev–Trinajstić information content (AvgIpc) is 2.76. The van der Waals surface area contributed by atoms with Crippen molar-refractivity contribution in [2.75, 3.05) is 24.8 Å². The molecule has 1 aromatic heterocycles. The summed E-state index contributed by atoms with van der Waals surface area (Å²) in [6, 6.07) is 14.6. The fourth-order valence-corrected chi connectivity index (χ4v) is 3.24. The smallest absolute Gasteiger partial charge is 0.273 e. The highest BCUT2D eigenvalue weighted by Gasteiger charge is 2.11. The number of aromatic nitrogens is 3. The van der Waals surface area contributed by atoms with E-state index in [1.54, 1.807) is 19.2 Å². The molecule has 0 saturated carbocycles. The summed E-state index contributed by atoms with van der Waals surface area (Å²) in [6.07, 6.45) is 0.353. The first-order chi connectivity index (χ1) is 14.6. The third-order valence-corrected chi connectivity index (χ3v) is 4.94. The van der Waals surface area contributed by atoms with Crippen LogP contribution in [0.15, 0.2) is 58.5 Å². The van der Waals surface area contributed by atoms with Crippen molar-refractivity contribution in [1.82, 2.24) is 15.2 Å². The Morgan fingerprint density at radius 1 is 1.13 bits per heavy atom. The van der Waals surface area contributed by atoms with Gasteiger partial charge in [0.15, 0.2) is 5.16 Å². The molecule has 3 rings (SSSR count). The number of anilines is 1. The molecular formula is C21H22N4O4S. The Balaban J connectivity index is 1.57. The van der Waals surface area contributed by atoms with Gasteiger partial charge in [-0.3, -0.25) is 14.6 Å². The van der Waals surface area contributed by atoms with Crippen LogP contribution in [0.3, 0.4) is 0 Å². The summed E-state index contributed by atoms with van der Waals surface area (Å²) >= 11 is 1.10. The molecule has 0 saturated heterocycles. The minimum absolute atomic E-state index is 0.0723. The summed E-state index contributed by atoms with van der Waals surface area (Å²) in [4.78, 5) is 27.2. The largest absolute Gasteiger partial charge is 0.497 e. The maximum absolute atomic E-state index is 12.3. The van der Waals surface area contributed by atoms with Crippen LogP contribution in [0.1, 0.15) is 18.2 Å². The molecule has 156 valence electrons. The summed E-state index contributed by atoms with van der Waals surface area (Å²) in [7, 11) is 1.60. The van der Waals surface area contributed by atoms with E-state index in [0.717, 1.165) is 23.1 Å². The zero-order chi connectivity index (χ0) is 21.3. The molecule has 0 aliphatic heterocycles. The van der Waals surface area contributed by atoms with Crippen LogP contribution in [0, 0.1) is 0 Å². The number of methoxy groups -OCH3 is 1. The molecule has 0 atom stereocenters. The van der Waals surface area contributed by atoms with E-state index in [1.165, 1.54) is 0 Å². The van der Waals surface area contributed by atoms with Gasteiger partial charge in [0, 0.05) is 6.42 Å². The topological polar surface area (TPSA) is 106 Å². The fraction of sp³-hybridized carbons (Fsp3) is 0.238. The molecule has 0 aliphatic rings. The number of hydrogen-bond acceptors (Lipinski definition) is 7. The second kappa shape index (κ2) is 10.4. The van der Waals surface area contributed by atoms with E-state index in [-0.39, 0.29) is 22.4 Å². The molecule has 2 N–H and O–H groups in total. The highest BCUT2D eigenvalue weighted by molar-refractivity contribution is 7.99. The first-order valence-electron chi connectivity index (χ1n) is 9.32. The first-order valence-corrected chi connectivity index (χ1v) is 10.3. The Morgan fingerprint density at radius 3 is 2.60 bits per heavy atom. The number of carbonyl (C=O) groups excluding carboxylic acids is 1. The van der Waals surface area contributed by atoms with E-state index in [9.17, 15) is 9.59 Å². The number of amides is 1. The summed E-state index contributed by atoms with van der Waals surface area (Å²) < 4.78 is 10.6. The van der Waals surface area contributed by atoms with Crippen LogP contribution in [-0.4, -0.2) is 40.6 Å². The van der Waals surface area contributed by atoms with Crippen molar-refractivity contribution in [2.45, 2.75) is 18.5 Å². The predicted molar refractivity (Wildman–Crippen MR) is 115 cm³/mol. The maximum atomic E-state index is 12.3. The van der Waals surface area contributed by atoms with Crippen molar-refractivity contribution >= 4 is 23.4 Å². The van der Waals surface area contributed by atoms with Crippen LogP contribution in [-0.2, 0) is 11.2 Å². The van der Waals surface area contributed by atoms with Crippen LogP contribution in [0.4, 0.5) is 5.69 Å². The molecule has 3 aromatic rings. The van der Waals surface area contributed by atoms with Crippen LogP contribution < -0.4 is 20.3 Å². The van der Waals surface area contributed by atoms with Gasteiger partial charge in [0.2, 0.25) is 5.91 Å². The lowest BCUT2D eigenvalue weighted by molar-refractivity contribution is -0.113. The molecule has 0 bridgehead atoms. The lowest BCUT2D eigenvalue weighted by Gasteiger charge is -2.10. The van der Waals surface area contributed by atoms with Crippen LogP contribution in [0.5, 0.6) is 11.5 Å². The number of thioether (sulfide) groups is 1. The molecule has 2 aromatic carbocycles. The van der Waals surface area contributed by atoms with Gasteiger partial charge in [-0.05, 0) is 36.8 Å². The number of hydrogen-bond donors (Lipinski definition) is 2. The molecule has 1 amide bonds. The van der Waals surface area contributed by atoms with Gasteiger partial charge in [0.1, 0.15) is 17.2 Å². The van der Waals surface area contributed by atoms with E-state index < -0.39 is 0 Å². The van der Waals surface area contributed by atoms with E-state index >= 15 is 0 Å². The minimum Gasteiger partial charge on any atom is -0.497 e. The predicted octanol–water partition coefficient (Wildman–Crippen LogP) is 2.89. The van der Waals surface area contributed by atoms with Crippen LogP contribution in [0.2, 0.25) is 0 Å². The number of carbonyl (C=O) groups is 1. The number of aromatic amines is 1. The number of H-pyrrole nitrogens is 1. The molecule has 0 fully saturated rings. The number of nitrogens with one attached hydrogen (secondary N) is 2. The Kier molecular flexibility index (Phi) is 7.45. The quantitative estimate of drug-likeness (QED) is 0.507. The molecule has 30 heavy (non-hydrogen) atoms. The van der Waals surface area contributed by atoms with Gasteiger partial charge >= 0.3 is 0 Å². The van der Waals surface area contributed by atoms with Gasteiger partial charge in [-0.1, -0.05) is 36.0 Å². The first kappa shape index (κ1) is 21.4. The lowest BCUT2D eigenvalue weighted by atomic mass is 10.1. The SMILES string of the molecule is CCOc1ccccc1NC(=O)CSc1nnc(Cc2ccc(OC)cc2)c(=O)[nH]1. The monoisotopic (exact) mass is 426 g/mol. The van der Waals surface area contributed by atoms with Gasteiger partial charge in [-0.25, -0.2) is 0 Å². The lowest BCUT2D eigenvalue weighted by Crippen LogP contribution is -2.19. The van der Waals surface area contributed by atoms with Gasteiger partial charge < -0.3 is 14.8 Å². The Bertz CT molecular complexity index is 1050. The van der Waals surface area contributed by atoms with Gasteiger partial charge in [0.05, 0.1) is 25.2 Å². The molecule has 0 spiro atoms. The molecule has 0 unspecified atom stereocenters. The summed E-state index contributed by atoms with van der Waals surface area (Å²) in [5.41, 5.74) is 1.49. The van der Waals surface area contributed by atoms with Crippen molar-refractivity contribution in [3.63, 3.8) is 0 Å². The van der Waals surface area contributed by atoms with E-state index in [2.05, 4.69) is 20.5 Å². The van der Waals surface area contributed by atoms with E-state index in [4.69, 9.17) is 9.47 Å². The van der Waals surface area contributed by atoms with E-state index in [0.29, 0.717) is 30.2 Å². The molecule has 0 aliphatic carbocycles. The normalized spacial score (nSPS) is 10.5. The number of ether oxygens (including phenoxy) is 2. The third-order valence-electron chi connectivity index (χ3n) is 4.08. The Hall–Kier alpha value is -3.33. The Labute approximate surface area is 178 Å². The number of benzene rings is 2. The van der Waals surface area contributed by atoms with Crippen molar-refractivity contribution in [3.8, 4) is 11.5 Å². The Morgan fingerprint density at radius 2 is 1.90 bits per heavy atom. The number of rotatable bonds is 9. The zero-order valence-corrected chi connectivity index (χ0v) is 17.5. The summed E-state index contributed by atoms with van der Waals surface area (Å²) in [5.74, 6) is 1.18. The van der Waals surface area contributed by atoms with Crippen LogP contribution in [0.25, 0.3) is 0 Å². The van der Waals surface area contributed by atoms with Crippen LogP contribution >= 0.6 is 11.8 Å². The fourth-order valence-electron chi connectivity index (χ4n) is 2.63. The molecule has 9 heteroatoms. The van der Waals surface area contributed by atoms with Crippen molar-refractivity contribution in [1.29, 1.82) is 0 Å². The maximum Gasteiger partial charge on any atom is 0.273 e. The van der Waals surface area contributed by atoms with Crippen molar-refractivity contribution in [2.24, 2.45) is 0 Å². The molecular weight excluding hydrogens is 404 g/mol. The third kappa shape index (κ3) is 5.84. The zero-order valence-electron chi connectivity index (χ0n) is 16.7. The highest BCUT2D eigenvalue weighted by atomic mass is 32.2. The minimum atomic E-state index is -0.328. The summed E-state index contributed by atoms with van der Waals surface area (Å²) in [5, 5.41) is 11.1. The molecule has 8 nitrogen and oxygen atoms in total. The number of nitrogens with zero attached hydrogens (tertiary/aromatic N) is 2. The van der Waals surface area contributed by atoms with Crippen molar-refractivity contribution in [3.05, 3.63) is 70.1 Å². The standard InChI is InChI=1S/C21H22N4O4S/c1-3-29-18-7-5-4-6-16(18)22-19(26)13-30-21-23-20(27)17(24-25-21)12-14-8-10-15(28-2)11-9-14/h4-11H,3,12-13H2,1-2H3,(H,22,26)(H,23,25,27). The highest BCUT2D eigenvalue weighted by Crippen LogP contribution is 2.24. The second-order valence-electron chi connectivity index (χ2n) is 6.20. The average molecular weight is 426 g/mol. The molecule has 1 heterocycles. The second-order valence-corrected chi connectivity index (χ2v) is 7.16. The number of para-hydroxylation sites is 2. The van der Waals surface area contributed by atoms with Gasteiger partial charge in [-0.15, -0.1) is 10.2 Å².